The average molecular weight is 390 g/mol. The Kier molecular flexibility index (Phi) is 6.22. The molecule has 1 N–H and O–H groups in total. The second-order valence-corrected chi connectivity index (χ2v) is 8.13. The van der Waals surface area contributed by atoms with E-state index in [0.29, 0.717) is 17.1 Å². The lowest BCUT2D eigenvalue weighted by Crippen LogP contribution is -2.33. The predicted molar refractivity (Wildman–Crippen MR) is 108 cm³/mol. The molecule has 5 nitrogen and oxygen atoms in total. The van der Waals surface area contributed by atoms with Crippen LogP contribution in [0.15, 0.2) is 24.3 Å². The van der Waals surface area contributed by atoms with Crippen LogP contribution < -0.4 is 5.32 Å². The fourth-order valence-electron chi connectivity index (χ4n) is 3.52. The van der Waals surface area contributed by atoms with Gasteiger partial charge in [-0.15, -0.1) is 0 Å². The van der Waals surface area contributed by atoms with Crippen molar-refractivity contribution in [3.8, 4) is 5.69 Å². The third-order valence-electron chi connectivity index (χ3n) is 4.84. The van der Waals surface area contributed by atoms with Crippen LogP contribution in [-0.2, 0) is 4.74 Å². The van der Waals surface area contributed by atoms with Crippen molar-refractivity contribution in [3.05, 3.63) is 46.2 Å². The average Bonchev–Trinajstić information content (AvgIpc) is 3.27. The molecule has 0 saturated carbocycles. The first-order valence-electron chi connectivity index (χ1n) is 9.67. The van der Waals surface area contributed by atoms with E-state index in [9.17, 15) is 4.79 Å². The molecule has 0 radical (unpaired) electrons. The monoisotopic (exact) mass is 389 g/mol. The summed E-state index contributed by atoms with van der Waals surface area (Å²) in [4.78, 5) is 13.1. The largest absolute Gasteiger partial charge is 0.376 e. The Morgan fingerprint density at radius 2 is 2.11 bits per heavy atom. The quantitative estimate of drug-likeness (QED) is 0.780. The first kappa shape index (κ1) is 19.9. The maximum Gasteiger partial charge on any atom is 0.255 e. The van der Waals surface area contributed by atoms with Gasteiger partial charge in [-0.05, 0) is 42.9 Å². The summed E-state index contributed by atoms with van der Waals surface area (Å²) in [6.45, 7) is 9.60. The van der Waals surface area contributed by atoms with Gasteiger partial charge >= 0.3 is 0 Å². The normalized spacial score (nSPS) is 17.1. The summed E-state index contributed by atoms with van der Waals surface area (Å²) in [5.74, 6) is 0.185. The lowest BCUT2D eigenvalue weighted by molar-refractivity contribution is 0.0855. The minimum atomic E-state index is -0.0776. The first-order chi connectivity index (χ1) is 12.9. The maximum atomic E-state index is 13.1. The van der Waals surface area contributed by atoms with Crippen LogP contribution in [0.5, 0.6) is 0 Å². The highest BCUT2D eigenvalue weighted by Gasteiger charge is 2.28. The van der Waals surface area contributed by atoms with Crippen LogP contribution in [0.4, 0.5) is 0 Å². The van der Waals surface area contributed by atoms with Gasteiger partial charge in [0.05, 0.1) is 28.7 Å². The molecule has 146 valence electrons. The smallest absolute Gasteiger partial charge is 0.255 e. The molecule has 1 atom stereocenters. The second kappa shape index (κ2) is 8.44. The lowest BCUT2D eigenvalue weighted by atomic mass is 9.98. The number of nitrogens with zero attached hydrogens (tertiary/aromatic N) is 2. The van der Waals surface area contributed by atoms with E-state index in [1.165, 1.54) is 0 Å². The van der Waals surface area contributed by atoms with Crippen molar-refractivity contribution in [1.82, 2.24) is 15.1 Å². The van der Waals surface area contributed by atoms with Crippen molar-refractivity contribution < 1.29 is 9.53 Å². The minimum Gasteiger partial charge on any atom is -0.376 e. The van der Waals surface area contributed by atoms with Crippen molar-refractivity contribution in [2.75, 3.05) is 13.2 Å². The van der Waals surface area contributed by atoms with Crippen LogP contribution in [0, 0.1) is 0 Å². The van der Waals surface area contributed by atoms with E-state index in [0.717, 1.165) is 36.5 Å². The molecule has 2 heterocycles. The summed E-state index contributed by atoms with van der Waals surface area (Å²) in [7, 11) is 0. The fourth-order valence-corrected chi connectivity index (χ4v) is 3.71. The van der Waals surface area contributed by atoms with Crippen LogP contribution in [0.25, 0.3) is 5.69 Å². The molecule has 1 amide bonds. The van der Waals surface area contributed by atoms with Crippen LogP contribution in [0.2, 0.25) is 5.02 Å². The van der Waals surface area contributed by atoms with Gasteiger partial charge in [0, 0.05) is 18.2 Å². The highest BCUT2D eigenvalue weighted by Crippen LogP contribution is 2.30. The van der Waals surface area contributed by atoms with Crippen LogP contribution in [0.3, 0.4) is 0 Å². The van der Waals surface area contributed by atoms with E-state index in [4.69, 9.17) is 21.4 Å². The Morgan fingerprint density at radius 1 is 1.33 bits per heavy atom. The number of ether oxygens (including phenoxy) is 1. The maximum absolute atomic E-state index is 13.1. The SMILES string of the molecule is CC(C)c1nn(-c2cccc(Cl)c2)c(C(C)C)c1C(=O)NC[C@@H]1CCCO1. The van der Waals surface area contributed by atoms with E-state index < -0.39 is 0 Å². The summed E-state index contributed by atoms with van der Waals surface area (Å²) >= 11 is 6.19. The zero-order chi connectivity index (χ0) is 19.6. The molecule has 2 aromatic rings. The van der Waals surface area contributed by atoms with Gasteiger partial charge in [0.1, 0.15) is 0 Å². The summed E-state index contributed by atoms with van der Waals surface area (Å²) in [5.41, 5.74) is 3.26. The molecule has 1 aromatic heterocycles. The number of nitrogens with one attached hydrogen (secondary N) is 1. The van der Waals surface area contributed by atoms with E-state index in [1.54, 1.807) is 0 Å². The molecule has 0 unspecified atom stereocenters. The number of carbonyl (C=O) groups excluding carboxylic acids is 1. The van der Waals surface area contributed by atoms with Crippen LogP contribution in [0.1, 0.15) is 74.1 Å². The molecule has 1 aliphatic rings. The van der Waals surface area contributed by atoms with Crippen LogP contribution >= 0.6 is 11.6 Å². The van der Waals surface area contributed by atoms with Crippen LogP contribution in [-0.4, -0.2) is 34.9 Å². The molecule has 0 aliphatic carbocycles. The molecule has 0 spiro atoms. The Bertz CT molecular complexity index is 808. The number of hydrogen-bond donors (Lipinski definition) is 1. The predicted octanol–water partition coefficient (Wildman–Crippen LogP) is 4.68. The zero-order valence-electron chi connectivity index (χ0n) is 16.5. The Morgan fingerprint density at radius 3 is 2.70 bits per heavy atom. The van der Waals surface area contributed by atoms with Crippen molar-refractivity contribution >= 4 is 17.5 Å². The van der Waals surface area contributed by atoms with Gasteiger partial charge in [-0.3, -0.25) is 4.79 Å². The van der Waals surface area contributed by atoms with E-state index in [1.807, 2.05) is 28.9 Å². The number of hydrogen-bond acceptors (Lipinski definition) is 3. The Labute approximate surface area is 166 Å². The molecule has 1 aliphatic heterocycles. The number of amides is 1. The number of carbonyl (C=O) groups is 1. The van der Waals surface area contributed by atoms with E-state index in [-0.39, 0.29) is 23.8 Å². The summed E-state index contributed by atoms with van der Waals surface area (Å²) in [6, 6.07) is 7.57. The van der Waals surface area contributed by atoms with Gasteiger partial charge < -0.3 is 10.1 Å². The number of rotatable bonds is 6. The fraction of sp³-hybridized carbons (Fsp3) is 0.524. The molecular weight excluding hydrogens is 362 g/mol. The number of aromatic nitrogens is 2. The van der Waals surface area contributed by atoms with Gasteiger partial charge in [0.15, 0.2) is 0 Å². The lowest BCUT2D eigenvalue weighted by Gasteiger charge is -2.15. The Balaban J connectivity index is 2.01. The minimum absolute atomic E-state index is 0.0776. The van der Waals surface area contributed by atoms with Crippen molar-refractivity contribution in [1.29, 1.82) is 0 Å². The third-order valence-corrected chi connectivity index (χ3v) is 5.07. The standard InChI is InChI=1S/C21H28ClN3O2/c1-13(2)19-18(21(26)23-12-17-9-6-10-27-17)20(14(3)4)25(24-19)16-8-5-7-15(22)11-16/h5,7-8,11,13-14,17H,6,9-10,12H2,1-4H3,(H,23,26)/t17-/m0/s1. The highest BCUT2D eigenvalue weighted by molar-refractivity contribution is 6.30. The topological polar surface area (TPSA) is 56.2 Å². The van der Waals surface area contributed by atoms with Gasteiger partial charge in [-0.2, -0.15) is 5.10 Å². The molecule has 1 aromatic carbocycles. The summed E-state index contributed by atoms with van der Waals surface area (Å²) < 4.78 is 7.50. The molecule has 27 heavy (non-hydrogen) atoms. The molecule has 3 rings (SSSR count). The summed E-state index contributed by atoms with van der Waals surface area (Å²) in [5, 5.41) is 8.52. The van der Waals surface area contributed by atoms with E-state index in [2.05, 4.69) is 33.0 Å². The zero-order valence-corrected chi connectivity index (χ0v) is 17.2. The first-order valence-corrected chi connectivity index (χ1v) is 10.0. The third kappa shape index (κ3) is 4.36. The van der Waals surface area contributed by atoms with Gasteiger partial charge in [-0.25, -0.2) is 4.68 Å². The van der Waals surface area contributed by atoms with Crippen molar-refractivity contribution in [2.24, 2.45) is 0 Å². The molecule has 1 fully saturated rings. The highest BCUT2D eigenvalue weighted by atomic mass is 35.5. The molecular formula is C21H28ClN3O2. The molecule has 0 bridgehead atoms. The number of halogens is 1. The second-order valence-electron chi connectivity index (χ2n) is 7.69. The van der Waals surface area contributed by atoms with Gasteiger partial charge in [0.2, 0.25) is 0 Å². The molecule has 1 saturated heterocycles. The van der Waals surface area contributed by atoms with Gasteiger partial charge in [0.25, 0.3) is 5.91 Å². The van der Waals surface area contributed by atoms with E-state index >= 15 is 0 Å². The van der Waals surface area contributed by atoms with Crippen molar-refractivity contribution in [2.45, 2.75) is 58.5 Å². The Hall–Kier alpha value is -1.85. The number of benzene rings is 1. The van der Waals surface area contributed by atoms with Crippen molar-refractivity contribution in [3.63, 3.8) is 0 Å². The van der Waals surface area contributed by atoms with Gasteiger partial charge in [-0.1, -0.05) is 45.4 Å². The summed E-state index contributed by atoms with van der Waals surface area (Å²) in [6.07, 6.45) is 2.17. The molecule has 6 heteroatoms.